The zero-order valence-electron chi connectivity index (χ0n) is 9.38. The Labute approximate surface area is 86.2 Å². The minimum absolute atomic E-state index is 0.0806. The molecule has 0 aliphatic rings. The van der Waals surface area contributed by atoms with Crippen LogP contribution in [-0.2, 0) is 9.53 Å². The fourth-order valence-corrected chi connectivity index (χ4v) is 1.24. The fourth-order valence-electron chi connectivity index (χ4n) is 1.24. The van der Waals surface area contributed by atoms with Gasteiger partial charge in [0.2, 0.25) is 5.91 Å². The van der Waals surface area contributed by atoms with Crippen molar-refractivity contribution in [2.75, 3.05) is 13.7 Å². The van der Waals surface area contributed by atoms with E-state index in [-0.39, 0.29) is 11.9 Å². The predicted octanol–water partition coefficient (Wildman–Crippen LogP) is 0.655. The maximum Gasteiger partial charge on any atom is 0.237 e. The summed E-state index contributed by atoms with van der Waals surface area (Å²) in [5.41, 5.74) is 5.60. The van der Waals surface area contributed by atoms with Crippen LogP contribution in [0.4, 0.5) is 0 Å². The zero-order chi connectivity index (χ0) is 11.0. The molecule has 0 aromatic rings. The number of hydrogen-bond acceptors (Lipinski definition) is 3. The molecule has 0 fully saturated rings. The molecule has 2 atom stereocenters. The van der Waals surface area contributed by atoms with E-state index in [1.165, 1.54) is 0 Å². The van der Waals surface area contributed by atoms with Crippen LogP contribution in [0.2, 0.25) is 0 Å². The van der Waals surface area contributed by atoms with Crippen molar-refractivity contribution < 1.29 is 9.53 Å². The molecule has 84 valence electrons. The fraction of sp³-hybridized carbons (Fsp3) is 0.900. The van der Waals surface area contributed by atoms with Gasteiger partial charge in [0, 0.05) is 7.11 Å². The second-order valence-corrected chi connectivity index (χ2v) is 3.46. The van der Waals surface area contributed by atoms with Crippen molar-refractivity contribution in [3.63, 3.8) is 0 Å². The van der Waals surface area contributed by atoms with Crippen LogP contribution in [0.3, 0.4) is 0 Å². The second kappa shape index (κ2) is 7.76. The molecule has 0 saturated heterocycles. The molecule has 4 nitrogen and oxygen atoms in total. The normalized spacial score (nSPS) is 14.9. The van der Waals surface area contributed by atoms with Crippen molar-refractivity contribution >= 4 is 5.91 Å². The van der Waals surface area contributed by atoms with Gasteiger partial charge in [0.25, 0.3) is 0 Å². The molecular formula is C10H22N2O2. The van der Waals surface area contributed by atoms with Crippen LogP contribution >= 0.6 is 0 Å². The highest BCUT2D eigenvalue weighted by molar-refractivity contribution is 5.81. The summed E-state index contributed by atoms with van der Waals surface area (Å²) in [5.74, 6) is -0.0806. The van der Waals surface area contributed by atoms with Crippen LogP contribution in [0, 0.1) is 0 Å². The van der Waals surface area contributed by atoms with E-state index in [1.807, 2.05) is 6.92 Å². The van der Waals surface area contributed by atoms with Crippen molar-refractivity contribution in [3.8, 4) is 0 Å². The molecule has 0 aromatic heterocycles. The van der Waals surface area contributed by atoms with E-state index >= 15 is 0 Å². The maximum absolute atomic E-state index is 11.4. The van der Waals surface area contributed by atoms with Gasteiger partial charge in [-0.25, -0.2) is 0 Å². The Morgan fingerprint density at radius 2 is 2.14 bits per heavy atom. The number of carbonyl (C=O) groups is 1. The standard InChI is InChI=1S/C10H22N2O2/c1-4-6-8(7-14-3)12-10(13)9(11)5-2/h8-9H,4-7,11H2,1-3H3,(H,12,13)/t8?,9-/m1/s1. The minimum atomic E-state index is -0.397. The number of methoxy groups -OCH3 is 1. The van der Waals surface area contributed by atoms with E-state index < -0.39 is 6.04 Å². The number of nitrogens with one attached hydrogen (secondary N) is 1. The summed E-state index contributed by atoms with van der Waals surface area (Å²) >= 11 is 0. The van der Waals surface area contributed by atoms with E-state index in [4.69, 9.17) is 10.5 Å². The summed E-state index contributed by atoms with van der Waals surface area (Å²) in [6.45, 7) is 4.53. The van der Waals surface area contributed by atoms with Crippen LogP contribution < -0.4 is 11.1 Å². The van der Waals surface area contributed by atoms with Gasteiger partial charge in [-0.1, -0.05) is 20.3 Å². The quantitative estimate of drug-likeness (QED) is 0.637. The molecule has 0 heterocycles. The molecule has 0 aliphatic carbocycles. The van der Waals surface area contributed by atoms with E-state index in [0.717, 1.165) is 12.8 Å². The van der Waals surface area contributed by atoms with Crippen LogP contribution in [0.25, 0.3) is 0 Å². The highest BCUT2D eigenvalue weighted by Crippen LogP contribution is 1.98. The SMILES string of the molecule is CCCC(COC)NC(=O)[C@H](N)CC. The third-order valence-electron chi connectivity index (χ3n) is 2.13. The molecule has 0 aromatic carbocycles. The summed E-state index contributed by atoms with van der Waals surface area (Å²) < 4.78 is 5.02. The summed E-state index contributed by atoms with van der Waals surface area (Å²) in [6.07, 6.45) is 2.61. The van der Waals surface area contributed by atoms with Gasteiger partial charge in [-0.2, -0.15) is 0 Å². The maximum atomic E-state index is 11.4. The van der Waals surface area contributed by atoms with Crippen molar-refractivity contribution in [2.45, 2.75) is 45.2 Å². The minimum Gasteiger partial charge on any atom is -0.383 e. The van der Waals surface area contributed by atoms with Crippen molar-refractivity contribution in [3.05, 3.63) is 0 Å². The van der Waals surface area contributed by atoms with Gasteiger partial charge in [0.05, 0.1) is 18.7 Å². The first-order valence-electron chi connectivity index (χ1n) is 5.20. The molecule has 1 unspecified atom stereocenters. The Bertz CT molecular complexity index is 156. The van der Waals surface area contributed by atoms with Gasteiger partial charge in [0.15, 0.2) is 0 Å². The Balaban J connectivity index is 3.94. The Hall–Kier alpha value is -0.610. The third kappa shape index (κ3) is 5.19. The molecule has 0 saturated carbocycles. The molecule has 4 heteroatoms. The Morgan fingerprint density at radius 1 is 1.50 bits per heavy atom. The lowest BCUT2D eigenvalue weighted by Gasteiger charge is -2.19. The smallest absolute Gasteiger partial charge is 0.237 e. The van der Waals surface area contributed by atoms with E-state index in [9.17, 15) is 4.79 Å². The average molecular weight is 202 g/mol. The van der Waals surface area contributed by atoms with Gasteiger partial charge >= 0.3 is 0 Å². The number of amides is 1. The lowest BCUT2D eigenvalue weighted by Crippen LogP contribution is -2.46. The average Bonchev–Trinajstić information content (AvgIpc) is 2.17. The van der Waals surface area contributed by atoms with Gasteiger partial charge in [-0.05, 0) is 12.8 Å². The lowest BCUT2D eigenvalue weighted by atomic mass is 10.1. The molecule has 0 aliphatic heterocycles. The van der Waals surface area contributed by atoms with Crippen LogP contribution in [0.1, 0.15) is 33.1 Å². The van der Waals surface area contributed by atoms with Crippen LogP contribution in [0.5, 0.6) is 0 Å². The monoisotopic (exact) mass is 202 g/mol. The highest BCUT2D eigenvalue weighted by atomic mass is 16.5. The number of hydrogen-bond donors (Lipinski definition) is 2. The van der Waals surface area contributed by atoms with Crippen LogP contribution in [0.15, 0.2) is 0 Å². The van der Waals surface area contributed by atoms with E-state index in [2.05, 4.69) is 12.2 Å². The lowest BCUT2D eigenvalue weighted by molar-refractivity contribution is -0.123. The summed E-state index contributed by atoms with van der Waals surface area (Å²) in [6, 6.07) is -0.304. The zero-order valence-corrected chi connectivity index (χ0v) is 9.38. The summed E-state index contributed by atoms with van der Waals surface area (Å²) in [4.78, 5) is 11.4. The largest absolute Gasteiger partial charge is 0.383 e. The third-order valence-corrected chi connectivity index (χ3v) is 2.13. The number of rotatable bonds is 7. The Morgan fingerprint density at radius 3 is 2.57 bits per heavy atom. The highest BCUT2D eigenvalue weighted by Gasteiger charge is 2.15. The first kappa shape index (κ1) is 13.4. The number of carbonyl (C=O) groups excluding carboxylic acids is 1. The van der Waals surface area contributed by atoms with E-state index in [1.54, 1.807) is 7.11 Å². The molecule has 0 rings (SSSR count). The molecule has 0 radical (unpaired) electrons. The molecule has 0 spiro atoms. The predicted molar refractivity (Wildman–Crippen MR) is 57.0 cm³/mol. The molecule has 0 bridgehead atoms. The topological polar surface area (TPSA) is 64.3 Å². The molecule has 14 heavy (non-hydrogen) atoms. The first-order valence-corrected chi connectivity index (χ1v) is 5.20. The summed E-state index contributed by atoms with van der Waals surface area (Å²) in [5, 5.41) is 2.88. The Kier molecular flexibility index (Phi) is 7.42. The van der Waals surface area contributed by atoms with Crippen LogP contribution in [-0.4, -0.2) is 31.7 Å². The second-order valence-electron chi connectivity index (χ2n) is 3.46. The molecular weight excluding hydrogens is 180 g/mol. The van der Waals surface area contributed by atoms with Gasteiger partial charge in [-0.3, -0.25) is 4.79 Å². The van der Waals surface area contributed by atoms with Crippen molar-refractivity contribution in [1.82, 2.24) is 5.32 Å². The first-order chi connectivity index (χ1) is 6.65. The summed E-state index contributed by atoms with van der Waals surface area (Å²) in [7, 11) is 1.63. The number of ether oxygens (including phenoxy) is 1. The van der Waals surface area contributed by atoms with E-state index in [0.29, 0.717) is 13.0 Å². The number of nitrogens with two attached hydrogens (primary N) is 1. The van der Waals surface area contributed by atoms with Crippen molar-refractivity contribution in [2.24, 2.45) is 5.73 Å². The van der Waals surface area contributed by atoms with Gasteiger partial charge < -0.3 is 15.8 Å². The van der Waals surface area contributed by atoms with Crippen molar-refractivity contribution in [1.29, 1.82) is 0 Å². The molecule has 1 amide bonds. The molecule has 3 N–H and O–H groups in total. The van der Waals surface area contributed by atoms with Gasteiger partial charge in [0.1, 0.15) is 0 Å². The van der Waals surface area contributed by atoms with Gasteiger partial charge in [-0.15, -0.1) is 0 Å².